The lowest BCUT2D eigenvalue weighted by atomic mass is 9.88. The Morgan fingerprint density at radius 3 is 2.81 bits per heavy atom. The number of fused-ring (bicyclic) bond motifs is 2. The summed E-state index contributed by atoms with van der Waals surface area (Å²) in [6, 6.07) is 0. The standard InChI is InChI=1S/C16H22N2O3/c1-2-4-17-5-3-10-6-18(7-11(10)15(17)19)16(20)14-12-8-21-9-13(12)14/h2,10-14H,1,3-9H2/t10?,11?,12-,13+,14?. The zero-order valence-corrected chi connectivity index (χ0v) is 12.2. The molecule has 0 radical (unpaired) electrons. The van der Waals surface area contributed by atoms with Crippen LogP contribution in [0.15, 0.2) is 12.7 Å². The third-order valence-electron chi connectivity index (χ3n) is 5.74. The van der Waals surface area contributed by atoms with Crippen LogP contribution in [0, 0.1) is 29.6 Å². The first-order chi connectivity index (χ1) is 10.2. The molecule has 4 aliphatic rings. The number of hydrogen-bond donors (Lipinski definition) is 0. The summed E-state index contributed by atoms with van der Waals surface area (Å²) in [4.78, 5) is 28.9. The van der Waals surface area contributed by atoms with Crippen molar-refractivity contribution >= 4 is 11.8 Å². The molecule has 1 saturated carbocycles. The Hall–Kier alpha value is -1.36. The van der Waals surface area contributed by atoms with Crippen LogP contribution in [-0.2, 0) is 14.3 Å². The van der Waals surface area contributed by atoms with Crippen LogP contribution in [0.2, 0.25) is 0 Å². The van der Waals surface area contributed by atoms with Gasteiger partial charge in [0.1, 0.15) is 0 Å². The quantitative estimate of drug-likeness (QED) is 0.706. The van der Waals surface area contributed by atoms with E-state index in [2.05, 4.69) is 6.58 Å². The topological polar surface area (TPSA) is 49.9 Å². The highest BCUT2D eigenvalue weighted by Crippen LogP contribution is 2.52. The molecule has 0 aromatic rings. The molecule has 1 aliphatic carbocycles. The largest absolute Gasteiger partial charge is 0.381 e. The highest BCUT2D eigenvalue weighted by atomic mass is 16.5. The molecule has 3 unspecified atom stereocenters. The summed E-state index contributed by atoms with van der Waals surface area (Å²) in [5.41, 5.74) is 0. The summed E-state index contributed by atoms with van der Waals surface area (Å²) in [6.45, 7) is 8.02. The number of amides is 2. The van der Waals surface area contributed by atoms with E-state index < -0.39 is 0 Å². The summed E-state index contributed by atoms with van der Waals surface area (Å²) in [5.74, 6) is 1.93. The van der Waals surface area contributed by atoms with Crippen molar-refractivity contribution in [3.05, 3.63) is 12.7 Å². The van der Waals surface area contributed by atoms with Crippen LogP contribution in [-0.4, -0.2) is 61.0 Å². The first-order valence-electron chi connectivity index (χ1n) is 7.97. The van der Waals surface area contributed by atoms with Crippen molar-refractivity contribution in [2.24, 2.45) is 29.6 Å². The smallest absolute Gasteiger partial charge is 0.228 e. The summed E-state index contributed by atoms with van der Waals surface area (Å²) in [7, 11) is 0. The molecule has 4 fully saturated rings. The zero-order chi connectivity index (χ0) is 14.6. The molecule has 5 nitrogen and oxygen atoms in total. The number of carbonyl (C=O) groups excluding carboxylic acids is 2. The van der Waals surface area contributed by atoms with E-state index in [4.69, 9.17) is 4.74 Å². The van der Waals surface area contributed by atoms with Gasteiger partial charge >= 0.3 is 0 Å². The highest BCUT2D eigenvalue weighted by Gasteiger charge is 2.60. The second-order valence-electron chi connectivity index (χ2n) is 6.86. The SMILES string of the molecule is C=CCN1CCC2CN(C(=O)C3[C@H]4COC[C@@H]34)CC2C1=O. The van der Waals surface area contributed by atoms with Crippen molar-refractivity contribution in [2.75, 3.05) is 39.4 Å². The summed E-state index contributed by atoms with van der Waals surface area (Å²) in [5, 5.41) is 0. The second kappa shape index (κ2) is 4.83. The third kappa shape index (κ3) is 2.01. The van der Waals surface area contributed by atoms with Gasteiger partial charge in [-0.15, -0.1) is 6.58 Å². The van der Waals surface area contributed by atoms with E-state index in [0.29, 0.717) is 30.8 Å². The van der Waals surface area contributed by atoms with Crippen LogP contribution >= 0.6 is 0 Å². The number of carbonyl (C=O) groups is 2. The predicted molar refractivity (Wildman–Crippen MR) is 76.2 cm³/mol. The van der Waals surface area contributed by atoms with Gasteiger partial charge in [0.15, 0.2) is 0 Å². The first-order valence-corrected chi connectivity index (χ1v) is 7.97. The molecule has 3 heterocycles. The van der Waals surface area contributed by atoms with Gasteiger partial charge in [-0.3, -0.25) is 9.59 Å². The van der Waals surface area contributed by atoms with Crippen LogP contribution in [0.1, 0.15) is 6.42 Å². The molecule has 114 valence electrons. The molecular weight excluding hydrogens is 268 g/mol. The minimum atomic E-state index is 0.0116. The monoisotopic (exact) mass is 290 g/mol. The van der Waals surface area contributed by atoms with Gasteiger partial charge in [0.2, 0.25) is 11.8 Å². The lowest BCUT2D eigenvalue weighted by molar-refractivity contribution is -0.139. The Bertz CT molecular complexity index is 482. The molecule has 3 aliphatic heterocycles. The molecule has 5 heteroatoms. The van der Waals surface area contributed by atoms with Gasteiger partial charge in [-0.2, -0.15) is 0 Å². The van der Waals surface area contributed by atoms with Crippen molar-refractivity contribution in [1.82, 2.24) is 9.80 Å². The van der Waals surface area contributed by atoms with Crippen LogP contribution in [0.5, 0.6) is 0 Å². The molecular formula is C16H22N2O3. The first kappa shape index (κ1) is 13.3. The van der Waals surface area contributed by atoms with Crippen LogP contribution in [0.3, 0.4) is 0 Å². The van der Waals surface area contributed by atoms with Gasteiger partial charge < -0.3 is 14.5 Å². The lowest BCUT2D eigenvalue weighted by Gasteiger charge is -2.32. The predicted octanol–water partition coefficient (Wildman–Crippen LogP) is 0.372. The summed E-state index contributed by atoms with van der Waals surface area (Å²) >= 11 is 0. The highest BCUT2D eigenvalue weighted by molar-refractivity contribution is 5.86. The number of hydrogen-bond acceptors (Lipinski definition) is 3. The van der Waals surface area contributed by atoms with E-state index in [1.807, 2.05) is 9.80 Å². The van der Waals surface area contributed by atoms with Crippen molar-refractivity contribution in [2.45, 2.75) is 6.42 Å². The Balaban J connectivity index is 1.41. The van der Waals surface area contributed by atoms with E-state index >= 15 is 0 Å². The van der Waals surface area contributed by atoms with Gasteiger partial charge in [0, 0.05) is 32.1 Å². The molecule has 21 heavy (non-hydrogen) atoms. The van der Waals surface area contributed by atoms with Gasteiger partial charge in [0.25, 0.3) is 0 Å². The number of likely N-dealkylation sites (tertiary alicyclic amines) is 2. The Kier molecular flexibility index (Phi) is 3.06. The maximum Gasteiger partial charge on any atom is 0.228 e. The van der Waals surface area contributed by atoms with E-state index in [9.17, 15) is 9.59 Å². The maximum atomic E-state index is 12.6. The van der Waals surface area contributed by atoms with Crippen molar-refractivity contribution in [3.8, 4) is 0 Å². The summed E-state index contributed by atoms with van der Waals surface area (Å²) in [6.07, 6.45) is 2.79. The number of ether oxygens (including phenoxy) is 1. The number of nitrogens with zero attached hydrogens (tertiary/aromatic N) is 2. The van der Waals surface area contributed by atoms with E-state index in [0.717, 1.165) is 32.7 Å². The molecule has 5 atom stereocenters. The Labute approximate surface area is 124 Å². The van der Waals surface area contributed by atoms with Gasteiger partial charge in [-0.25, -0.2) is 0 Å². The fourth-order valence-corrected chi connectivity index (χ4v) is 4.44. The fourth-order valence-electron chi connectivity index (χ4n) is 4.44. The zero-order valence-electron chi connectivity index (χ0n) is 12.2. The minimum Gasteiger partial charge on any atom is -0.381 e. The Morgan fingerprint density at radius 2 is 2.10 bits per heavy atom. The van der Waals surface area contributed by atoms with E-state index in [1.54, 1.807) is 6.08 Å². The van der Waals surface area contributed by atoms with Crippen molar-refractivity contribution in [1.29, 1.82) is 0 Å². The number of piperidine rings is 1. The number of rotatable bonds is 3. The average molecular weight is 290 g/mol. The minimum absolute atomic E-state index is 0.0116. The van der Waals surface area contributed by atoms with Gasteiger partial charge in [0.05, 0.1) is 19.1 Å². The molecule has 0 spiro atoms. The van der Waals surface area contributed by atoms with Crippen molar-refractivity contribution < 1.29 is 14.3 Å². The summed E-state index contributed by atoms with van der Waals surface area (Å²) < 4.78 is 5.36. The van der Waals surface area contributed by atoms with E-state index in [1.165, 1.54) is 0 Å². The molecule has 0 aromatic carbocycles. The third-order valence-corrected chi connectivity index (χ3v) is 5.74. The van der Waals surface area contributed by atoms with Crippen LogP contribution < -0.4 is 0 Å². The van der Waals surface area contributed by atoms with Gasteiger partial charge in [-0.05, 0) is 24.2 Å². The average Bonchev–Trinajstić information content (AvgIpc) is 2.87. The molecule has 4 rings (SSSR count). The molecule has 2 amide bonds. The molecule has 0 aromatic heterocycles. The van der Waals surface area contributed by atoms with Crippen LogP contribution in [0.4, 0.5) is 0 Å². The fraction of sp³-hybridized carbons (Fsp3) is 0.750. The molecule has 0 bridgehead atoms. The lowest BCUT2D eigenvalue weighted by Crippen LogP contribution is -2.45. The molecule has 3 saturated heterocycles. The van der Waals surface area contributed by atoms with E-state index in [-0.39, 0.29) is 23.7 Å². The van der Waals surface area contributed by atoms with Crippen LogP contribution in [0.25, 0.3) is 0 Å². The molecule has 0 N–H and O–H groups in total. The van der Waals surface area contributed by atoms with Gasteiger partial charge in [-0.1, -0.05) is 6.08 Å². The normalized spacial score (nSPS) is 41.0. The van der Waals surface area contributed by atoms with Crippen molar-refractivity contribution in [3.63, 3.8) is 0 Å². The Morgan fingerprint density at radius 1 is 1.33 bits per heavy atom. The maximum absolute atomic E-state index is 12.6. The second-order valence-corrected chi connectivity index (χ2v) is 6.86.